The van der Waals surface area contributed by atoms with E-state index in [-0.39, 0.29) is 5.41 Å². The van der Waals surface area contributed by atoms with Crippen LogP contribution in [0.2, 0.25) is 0 Å². The molecule has 2 fully saturated rings. The molecule has 4 rings (SSSR count). The largest absolute Gasteiger partial charge is 0.378 e. The molecule has 0 aliphatic heterocycles. The summed E-state index contributed by atoms with van der Waals surface area (Å²) < 4.78 is 8.13. The van der Waals surface area contributed by atoms with Gasteiger partial charge in [0.2, 0.25) is 0 Å². The van der Waals surface area contributed by atoms with Crippen LogP contribution in [-0.2, 0) is 24.9 Å². The van der Waals surface area contributed by atoms with Gasteiger partial charge < -0.3 is 19.9 Å². The van der Waals surface area contributed by atoms with Crippen LogP contribution in [0.4, 0.5) is 0 Å². The highest BCUT2D eigenvalue weighted by atomic mass is 32.1. The van der Waals surface area contributed by atoms with Crippen molar-refractivity contribution < 1.29 is 4.74 Å². The van der Waals surface area contributed by atoms with E-state index in [2.05, 4.69) is 45.3 Å². The van der Waals surface area contributed by atoms with Crippen LogP contribution in [0.15, 0.2) is 22.5 Å². The summed E-state index contributed by atoms with van der Waals surface area (Å²) in [6, 6.07) is 4.65. The van der Waals surface area contributed by atoms with Crippen LogP contribution in [0.1, 0.15) is 62.0 Å². The Labute approximate surface area is 183 Å². The number of guanidine groups is 1. The van der Waals surface area contributed by atoms with E-state index in [9.17, 15) is 0 Å². The summed E-state index contributed by atoms with van der Waals surface area (Å²) >= 11 is 1.76. The quantitative estimate of drug-likeness (QED) is 0.519. The molecule has 0 aromatic carbocycles. The van der Waals surface area contributed by atoms with Gasteiger partial charge in [0.15, 0.2) is 11.8 Å². The van der Waals surface area contributed by atoms with E-state index in [1.807, 2.05) is 18.5 Å². The van der Waals surface area contributed by atoms with Crippen molar-refractivity contribution >= 4 is 17.3 Å². The van der Waals surface area contributed by atoms with Gasteiger partial charge in [-0.25, -0.2) is 4.99 Å². The van der Waals surface area contributed by atoms with Crippen LogP contribution in [0.3, 0.4) is 0 Å². The zero-order valence-corrected chi connectivity index (χ0v) is 19.2. The molecule has 2 atom stereocenters. The maximum Gasteiger partial charge on any atom is 0.192 e. The maximum absolute atomic E-state index is 6.13. The minimum absolute atomic E-state index is 0.251. The van der Waals surface area contributed by atoms with E-state index in [0.717, 1.165) is 37.2 Å². The van der Waals surface area contributed by atoms with Gasteiger partial charge >= 0.3 is 0 Å². The lowest BCUT2D eigenvalue weighted by molar-refractivity contribution is -0.145. The fourth-order valence-corrected chi connectivity index (χ4v) is 5.55. The monoisotopic (exact) mass is 430 g/mol. The molecule has 7 nitrogen and oxygen atoms in total. The first-order valence-corrected chi connectivity index (χ1v) is 12.0. The molecule has 2 N–H and O–H groups in total. The lowest BCUT2D eigenvalue weighted by Gasteiger charge is -2.58. The third-order valence-corrected chi connectivity index (χ3v) is 7.70. The second-order valence-electron chi connectivity index (χ2n) is 8.49. The normalized spacial score (nSPS) is 23.4. The van der Waals surface area contributed by atoms with Crippen LogP contribution >= 0.6 is 11.3 Å². The van der Waals surface area contributed by atoms with Crippen molar-refractivity contribution in [2.24, 2.45) is 17.5 Å². The molecule has 0 amide bonds. The van der Waals surface area contributed by atoms with Crippen molar-refractivity contribution in [1.82, 2.24) is 25.4 Å². The van der Waals surface area contributed by atoms with Gasteiger partial charge in [-0.2, -0.15) is 0 Å². The van der Waals surface area contributed by atoms with E-state index in [4.69, 9.17) is 9.73 Å². The van der Waals surface area contributed by atoms with Crippen LogP contribution < -0.4 is 10.6 Å². The number of aliphatic imine (C=N–C) groups is 1. The summed E-state index contributed by atoms with van der Waals surface area (Å²) in [4.78, 5) is 6.17. The zero-order chi connectivity index (χ0) is 21.0. The number of ether oxygens (including phenoxy) is 1. The molecule has 2 aromatic heterocycles. The summed E-state index contributed by atoms with van der Waals surface area (Å²) in [5.41, 5.74) is 0.251. The van der Waals surface area contributed by atoms with E-state index in [1.165, 1.54) is 37.0 Å². The number of rotatable bonds is 7. The molecule has 1 spiro atoms. The lowest BCUT2D eigenvalue weighted by Crippen LogP contribution is -2.66. The molecule has 30 heavy (non-hydrogen) atoms. The van der Waals surface area contributed by atoms with E-state index < -0.39 is 0 Å². The second-order valence-corrected chi connectivity index (χ2v) is 9.52. The van der Waals surface area contributed by atoms with Crippen molar-refractivity contribution in [1.29, 1.82) is 0 Å². The number of nitrogens with one attached hydrogen (secondary N) is 2. The van der Waals surface area contributed by atoms with Gasteiger partial charge in [-0.15, -0.1) is 21.5 Å². The van der Waals surface area contributed by atoms with Crippen molar-refractivity contribution in [3.8, 4) is 0 Å². The number of thiophene rings is 1. The predicted octanol–water partition coefficient (Wildman–Crippen LogP) is 3.55. The standard InChI is InChI=1S/C22H34N6OS/c1-4-29-19-13-18(22(19)10-6-5-7-11-22)25-21(23-14-17-9-8-12-30-17)24-15-20-27-26-16(2)28(20)3/h8-9,12,18-19H,4-7,10-11,13-15H2,1-3H3,(H2,23,24,25). The SMILES string of the molecule is CCOC1CC(NC(=NCc2nnc(C)n2C)NCc2cccs2)C12CCCCC2. The van der Waals surface area contributed by atoms with Crippen LogP contribution in [0.25, 0.3) is 0 Å². The molecular weight excluding hydrogens is 396 g/mol. The highest BCUT2D eigenvalue weighted by Gasteiger charge is 2.55. The molecule has 2 aliphatic carbocycles. The summed E-state index contributed by atoms with van der Waals surface area (Å²) in [7, 11) is 1.99. The smallest absolute Gasteiger partial charge is 0.192 e. The molecule has 2 aromatic rings. The van der Waals surface area contributed by atoms with Crippen LogP contribution in [0, 0.1) is 12.3 Å². The Morgan fingerprint density at radius 3 is 2.83 bits per heavy atom. The highest BCUT2D eigenvalue weighted by molar-refractivity contribution is 7.09. The van der Waals surface area contributed by atoms with Gasteiger partial charge in [-0.1, -0.05) is 25.3 Å². The molecule has 2 aliphatic rings. The van der Waals surface area contributed by atoms with Gasteiger partial charge in [0.05, 0.1) is 12.6 Å². The number of hydrogen-bond acceptors (Lipinski definition) is 5. The van der Waals surface area contributed by atoms with E-state index >= 15 is 0 Å². The zero-order valence-electron chi connectivity index (χ0n) is 18.4. The maximum atomic E-state index is 6.13. The summed E-state index contributed by atoms with van der Waals surface area (Å²) in [6.07, 6.45) is 7.86. The number of aryl methyl sites for hydroxylation is 1. The first-order valence-electron chi connectivity index (χ1n) is 11.2. The number of aromatic nitrogens is 3. The van der Waals surface area contributed by atoms with E-state index in [0.29, 0.717) is 18.7 Å². The lowest BCUT2D eigenvalue weighted by atomic mass is 9.55. The molecule has 2 heterocycles. The Balaban J connectivity index is 1.48. The predicted molar refractivity (Wildman–Crippen MR) is 121 cm³/mol. The van der Waals surface area contributed by atoms with Gasteiger partial charge in [0.1, 0.15) is 12.4 Å². The van der Waals surface area contributed by atoms with Gasteiger partial charge in [-0.3, -0.25) is 0 Å². The molecule has 0 bridgehead atoms. The molecular formula is C22H34N6OS. The minimum atomic E-state index is 0.251. The molecule has 2 unspecified atom stereocenters. The average Bonchev–Trinajstić information content (AvgIpc) is 3.40. The summed E-state index contributed by atoms with van der Waals surface area (Å²) in [5, 5.41) is 17.8. The van der Waals surface area contributed by atoms with Crippen LogP contribution in [0.5, 0.6) is 0 Å². The molecule has 8 heteroatoms. The second kappa shape index (κ2) is 9.47. The highest BCUT2D eigenvalue weighted by Crippen LogP contribution is 2.53. The first-order chi connectivity index (χ1) is 14.6. The fraction of sp³-hybridized carbons (Fsp3) is 0.682. The summed E-state index contributed by atoms with van der Waals surface area (Å²) in [5.74, 6) is 2.63. The third-order valence-electron chi connectivity index (χ3n) is 6.82. The van der Waals surface area contributed by atoms with Crippen molar-refractivity contribution in [3.05, 3.63) is 34.0 Å². The van der Waals surface area contributed by atoms with Gasteiger partial charge in [-0.05, 0) is 44.6 Å². The first kappa shape index (κ1) is 21.3. The van der Waals surface area contributed by atoms with E-state index in [1.54, 1.807) is 11.3 Å². The fourth-order valence-electron chi connectivity index (χ4n) is 4.91. The Morgan fingerprint density at radius 2 is 2.17 bits per heavy atom. The van der Waals surface area contributed by atoms with Crippen LogP contribution in [-0.4, -0.2) is 39.5 Å². The molecule has 2 saturated carbocycles. The Bertz CT molecular complexity index is 840. The number of nitrogens with zero attached hydrogens (tertiary/aromatic N) is 4. The van der Waals surface area contributed by atoms with Crippen molar-refractivity contribution in [2.75, 3.05) is 6.61 Å². The Hall–Kier alpha value is -1.93. The average molecular weight is 431 g/mol. The molecule has 164 valence electrons. The molecule has 0 radical (unpaired) electrons. The van der Waals surface area contributed by atoms with Crippen molar-refractivity contribution in [2.45, 2.75) is 77.6 Å². The van der Waals surface area contributed by atoms with Gasteiger partial charge in [0.25, 0.3) is 0 Å². The summed E-state index contributed by atoms with van der Waals surface area (Å²) in [6.45, 7) is 6.14. The van der Waals surface area contributed by atoms with Gasteiger partial charge in [0, 0.05) is 30.0 Å². The third kappa shape index (κ3) is 4.39. The topological polar surface area (TPSA) is 76.4 Å². The minimum Gasteiger partial charge on any atom is -0.378 e. The Morgan fingerprint density at radius 1 is 1.33 bits per heavy atom. The Kier molecular flexibility index (Phi) is 6.73. The molecule has 0 saturated heterocycles. The number of hydrogen-bond donors (Lipinski definition) is 2. The van der Waals surface area contributed by atoms with Crippen molar-refractivity contribution in [3.63, 3.8) is 0 Å².